The maximum Gasteiger partial charge on any atom is 0.297 e. The van der Waals surface area contributed by atoms with E-state index >= 15 is 0 Å². The molecule has 4 aromatic rings. The number of carbonyl (C=O) groups is 1. The van der Waals surface area contributed by atoms with Crippen LogP contribution in [0.3, 0.4) is 0 Å². The van der Waals surface area contributed by atoms with Gasteiger partial charge in [0, 0.05) is 17.6 Å². The molecule has 154 valence electrons. The fourth-order valence-corrected chi connectivity index (χ4v) is 3.54. The summed E-state index contributed by atoms with van der Waals surface area (Å²) in [5.74, 6) is -0.297. The van der Waals surface area contributed by atoms with Crippen LogP contribution in [0.15, 0.2) is 64.1 Å². The third-order valence-corrected chi connectivity index (χ3v) is 5.18. The molecule has 30 heavy (non-hydrogen) atoms. The van der Waals surface area contributed by atoms with Gasteiger partial charge in [0.2, 0.25) is 11.5 Å². The summed E-state index contributed by atoms with van der Waals surface area (Å²) in [5, 5.41) is 3.65. The van der Waals surface area contributed by atoms with Gasteiger partial charge in [-0.15, -0.1) is 0 Å². The zero-order chi connectivity index (χ0) is 21.1. The molecule has 0 fully saturated rings. The average molecular weight is 404 g/mol. The van der Waals surface area contributed by atoms with Crippen molar-refractivity contribution < 1.29 is 9.21 Å². The third-order valence-electron chi connectivity index (χ3n) is 5.18. The van der Waals surface area contributed by atoms with E-state index in [0.29, 0.717) is 16.8 Å². The Morgan fingerprint density at radius 3 is 2.73 bits per heavy atom. The Hall–Kier alpha value is -3.45. The van der Waals surface area contributed by atoms with Crippen molar-refractivity contribution in [3.63, 3.8) is 0 Å². The molecule has 2 heterocycles. The van der Waals surface area contributed by atoms with Crippen LogP contribution < -0.4 is 10.9 Å². The number of benzene rings is 2. The van der Waals surface area contributed by atoms with Gasteiger partial charge in [-0.1, -0.05) is 38.1 Å². The minimum absolute atomic E-state index is 0.140. The number of furan rings is 1. The van der Waals surface area contributed by atoms with E-state index in [4.69, 9.17) is 4.42 Å². The van der Waals surface area contributed by atoms with Crippen molar-refractivity contribution in [3.05, 3.63) is 70.8 Å². The minimum Gasteiger partial charge on any atom is -0.448 e. The van der Waals surface area contributed by atoms with E-state index in [1.165, 1.54) is 10.9 Å². The number of para-hydroxylation sites is 1. The molecule has 1 amide bonds. The lowest BCUT2D eigenvalue weighted by atomic mass is 10.2. The van der Waals surface area contributed by atoms with E-state index in [1.54, 1.807) is 6.07 Å². The predicted molar refractivity (Wildman–Crippen MR) is 117 cm³/mol. The first-order valence-corrected chi connectivity index (χ1v) is 10.1. The Morgan fingerprint density at radius 1 is 1.13 bits per heavy atom. The summed E-state index contributed by atoms with van der Waals surface area (Å²) >= 11 is 0. The van der Waals surface area contributed by atoms with Crippen LogP contribution >= 0.6 is 0 Å². The number of rotatable bonds is 7. The van der Waals surface area contributed by atoms with Crippen molar-refractivity contribution in [2.75, 3.05) is 18.4 Å². The Morgan fingerprint density at radius 2 is 1.93 bits per heavy atom. The van der Waals surface area contributed by atoms with Crippen molar-refractivity contribution in [1.82, 2.24) is 14.5 Å². The first-order valence-electron chi connectivity index (χ1n) is 10.1. The van der Waals surface area contributed by atoms with Crippen LogP contribution in [0.5, 0.6) is 0 Å². The van der Waals surface area contributed by atoms with Crippen LogP contribution in [0.4, 0.5) is 5.69 Å². The number of carbonyl (C=O) groups excluding carboxylic acids is 1. The van der Waals surface area contributed by atoms with Crippen LogP contribution in [-0.2, 0) is 17.9 Å². The quantitative estimate of drug-likeness (QED) is 0.509. The van der Waals surface area contributed by atoms with E-state index in [2.05, 4.69) is 29.0 Å². The molecule has 2 aromatic heterocycles. The first-order chi connectivity index (χ1) is 14.6. The zero-order valence-corrected chi connectivity index (χ0v) is 17.1. The lowest BCUT2D eigenvalue weighted by Crippen LogP contribution is -2.27. The molecule has 0 saturated carbocycles. The lowest BCUT2D eigenvalue weighted by molar-refractivity contribution is -0.116. The molecular formula is C23H24N4O3. The SMILES string of the molecule is CCN(CC)Cc1cccc(NC(=O)Cn2cnc3c(oc4ccccc43)c2=O)c1. The van der Waals surface area contributed by atoms with Gasteiger partial charge in [-0.2, -0.15) is 0 Å². The van der Waals surface area contributed by atoms with Gasteiger partial charge >= 0.3 is 0 Å². The molecule has 0 spiro atoms. The molecule has 0 saturated heterocycles. The number of anilines is 1. The summed E-state index contributed by atoms with van der Waals surface area (Å²) < 4.78 is 6.93. The van der Waals surface area contributed by atoms with Crippen LogP contribution in [0, 0.1) is 0 Å². The predicted octanol–water partition coefficient (Wildman–Crippen LogP) is 3.62. The molecule has 0 bridgehead atoms. The second-order valence-corrected chi connectivity index (χ2v) is 7.16. The molecule has 0 aliphatic rings. The molecule has 2 aromatic carbocycles. The second-order valence-electron chi connectivity index (χ2n) is 7.16. The Labute approximate surface area is 173 Å². The standard InChI is InChI=1S/C23H24N4O3/c1-3-26(4-2)13-16-8-7-9-17(12-16)25-20(28)14-27-15-24-21-18-10-5-6-11-19(18)30-22(21)23(27)29/h5-12,15H,3-4,13-14H2,1-2H3,(H,25,28). The molecule has 7 nitrogen and oxygen atoms in total. The molecule has 0 radical (unpaired) electrons. The monoisotopic (exact) mass is 404 g/mol. The molecular weight excluding hydrogens is 380 g/mol. The normalized spacial score (nSPS) is 11.4. The minimum atomic E-state index is -0.373. The molecule has 4 rings (SSSR count). The molecule has 0 unspecified atom stereocenters. The summed E-state index contributed by atoms with van der Waals surface area (Å²) in [6, 6.07) is 15.1. The summed E-state index contributed by atoms with van der Waals surface area (Å²) in [4.78, 5) is 32.0. The smallest absolute Gasteiger partial charge is 0.297 e. The summed E-state index contributed by atoms with van der Waals surface area (Å²) in [6.07, 6.45) is 1.39. The van der Waals surface area contributed by atoms with Gasteiger partial charge in [-0.05, 0) is 42.9 Å². The number of nitrogens with one attached hydrogen (secondary N) is 1. The van der Waals surface area contributed by atoms with E-state index in [-0.39, 0.29) is 23.6 Å². The van der Waals surface area contributed by atoms with Crippen LogP contribution in [0.2, 0.25) is 0 Å². The fraction of sp³-hybridized carbons (Fsp3) is 0.261. The van der Waals surface area contributed by atoms with E-state index in [9.17, 15) is 9.59 Å². The molecule has 7 heteroatoms. The molecule has 0 aliphatic heterocycles. The summed E-state index contributed by atoms with van der Waals surface area (Å²) in [7, 11) is 0. The number of hydrogen-bond acceptors (Lipinski definition) is 5. The highest BCUT2D eigenvalue weighted by Gasteiger charge is 2.14. The van der Waals surface area contributed by atoms with E-state index in [1.807, 2.05) is 42.5 Å². The van der Waals surface area contributed by atoms with Crippen molar-refractivity contribution in [2.45, 2.75) is 26.9 Å². The summed E-state index contributed by atoms with van der Waals surface area (Å²) in [5.41, 5.74) is 2.73. The number of fused-ring (bicyclic) bond motifs is 3. The number of aromatic nitrogens is 2. The van der Waals surface area contributed by atoms with Gasteiger partial charge in [0.15, 0.2) is 0 Å². The van der Waals surface area contributed by atoms with Gasteiger partial charge in [-0.3, -0.25) is 19.1 Å². The van der Waals surface area contributed by atoms with Gasteiger partial charge in [0.05, 0.1) is 6.33 Å². The first kappa shape index (κ1) is 19.8. The highest BCUT2D eigenvalue weighted by atomic mass is 16.3. The van der Waals surface area contributed by atoms with Crippen LogP contribution in [0.25, 0.3) is 22.1 Å². The van der Waals surface area contributed by atoms with E-state index < -0.39 is 0 Å². The van der Waals surface area contributed by atoms with Crippen LogP contribution in [-0.4, -0.2) is 33.4 Å². The summed E-state index contributed by atoms with van der Waals surface area (Å²) in [6.45, 7) is 6.86. The Kier molecular flexibility index (Phi) is 5.63. The number of hydrogen-bond donors (Lipinski definition) is 1. The van der Waals surface area contributed by atoms with Crippen LogP contribution in [0.1, 0.15) is 19.4 Å². The molecule has 0 atom stereocenters. The second kappa shape index (κ2) is 8.51. The highest BCUT2D eigenvalue weighted by molar-refractivity contribution is 6.01. The zero-order valence-electron chi connectivity index (χ0n) is 17.1. The lowest BCUT2D eigenvalue weighted by Gasteiger charge is -2.18. The molecule has 1 N–H and O–H groups in total. The maximum absolute atomic E-state index is 12.8. The number of nitrogens with zero attached hydrogens (tertiary/aromatic N) is 3. The van der Waals surface area contributed by atoms with Gasteiger partial charge in [0.25, 0.3) is 5.56 Å². The van der Waals surface area contributed by atoms with Gasteiger partial charge < -0.3 is 9.73 Å². The number of amides is 1. The Balaban J connectivity index is 1.52. The fourth-order valence-electron chi connectivity index (χ4n) is 3.54. The molecule has 0 aliphatic carbocycles. The Bertz CT molecular complexity index is 1250. The topological polar surface area (TPSA) is 80.4 Å². The highest BCUT2D eigenvalue weighted by Crippen LogP contribution is 2.24. The van der Waals surface area contributed by atoms with Gasteiger partial charge in [-0.25, -0.2) is 4.98 Å². The average Bonchev–Trinajstić information content (AvgIpc) is 3.14. The maximum atomic E-state index is 12.8. The van der Waals surface area contributed by atoms with Gasteiger partial charge in [0.1, 0.15) is 17.6 Å². The van der Waals surface area contributed by atoms with Crippen molar-refractivity contribution >= 4 is 33.7 Å². The van der Waals surface area contributed by atoms with Crippen molar-refractivity contribution in [2.24, 2.45) is 0 Å². The third kappa shape index (κ3) is 3.97. The van der Waals surface area contributed by atoms with Crippen molar-refractivity contribution in [1.29, 1.82) is 0 Å². The van der Waals surface area contributed by atoms with Crippen molar-refractivity contribution in [3.8, 4) is 0 Å². The van der Waals surface area contributed by atoms with E-state index in [0.717, 1.165) is 30.6 Å². The largest absolute Gasteiger partial charge is 0.448 e.